The van der Waals surface area contributed by atoms with Crippen LogP contribution < -0.4 is 10.2 Å². The minimum atomic E-state index is -4.82. The van der Waals surface area contributed by atoms with Gasteiger partial charge in [-0.3, -0.25) is 19.8 Å². The van der Waals surface area contributed by atoms with E-state index in [1.807, 2.05) is 23.1 Å². The Kier molecular flexibility index (Phi) is 8.96. The molecule has 0 saturated carbocycles. The van der Waals surface area contributed by atoms with Gasteiger partial charge >= 0.3 is 6.18 Å². The van der Waals surface area contributed by atoms with E-state index in [1.54, 1.807) is 0 Å². The normalized spacial score (nSPS) is 16.8. The summed E-state index contributed by atoms with van der Waals surface area (Å²) in [6.07, 6.45) is -3.21. The van der Waals surface area contributed by atoms with Crippen LogP contribution in [0.15, 0.2) is 72.8 Å². The molecule has 2 saturated heterocycles. The summed E-state index contributed by atoms with van der Waals surface area (Å²) in [5.41, 5.74) is 1.54. The number of halogens is 3. The zero-order chi connectivity index (χ0) is 29.7. The van der Waals surface area contributed by atoms with Gasteiger partial charge in [0.25, 0.3) is 5.69 Å². The maximum atomic E-state index is 13.3. The number of nitrogens with zero attached hydrogens (tertiary/aromatic N) is 4. The van der Waals surface area contributed by atoms with Gasteiger partial charge < -0.3 is 15.1 Å². The van der Waals surface area contributed by atoms with Gasteiger partial charge in [0.05, 0.1) is 4.92 Å². The number of nitro benzene ring substituents is 1. The highest BCUT2D eigenvalue weighted by molar-refractivity contribution is 5.76. The molecule has 3 aromatic rings. The van der Waals surface area contributed by atoms with Gasteiger partial charge in [0.15, 0.2) is 0 Å². The molecule has 1 amide bonds. The molecule has 8 nitrogen and oxygen atoms in total. The lowest BCUT2D eigenvalue weighted by Crippen LogP contribution is -2.48. The zero-order valence-corrected chi connectivity index (χ0v) is 23.2. The largest absolute Gasteiger partial charge is 0.423 e. The lowest BCUT2D eigenvalue weighted by Gasteiger charge is -2.37. The summed E-state index contributed by atoms with van der Waals surface area (Å²) >= 11 is 0. The number of likely N-dealkylation sites (tertiary alicyclic amines) is 1. The molecule has 0 atom stereocenters. The van der Waals surface area contributed by atoms with Crippen LogP contribution in [0, 0.1) is 10.1 Å². The van der Waals surface area contributed by atoms with Gasteiger partial charge in [0, 0.05) is 75.7 Å². The Hall–Kier alpha value is -4.12. The van der Waals surface area contributed by atoms with Crippen molar-refractivity contribution < 1.29 is 22.9 Å². The Morgan fingerprint density at radius 3 is 2.14 bits per heavy atom. The zero-order valence-electron chi connectivity index (χ0n) is 23.2. The number of amides is 1. The van der Waals surface area contributed by atoms with Crippen molar-refractivity contribution in [2.75, 3.05) is 56.0 Å². The minimum absolute atomic E-state index is 0.0853. The second kappa shape index (κ2) is 12.8. The molecule has 2 aliphatic heterocycles. The number of nitro groups is 1. The van der Waals surface area contributed by atoms with Crippen LogP contribution in [0.1, 0.15) is 24.8 Å². The molecule has 5 rings (SSSR count). The Morgan fingerprint density at radius 1 is 0.881 bits per heavy atom. The number of hydrogen-bond donors (Lipinski definition) is 1. The summed E-state index contributed by atoms with van der Waals surface area (Å²) < 4.78 is 39.9. The average molecular weight is 582 g/mol. The minimum Gasteiger partial charge on any atom is -0.382 e. The summed E-state index contributed by atoms with van der Waals surface area (Å²) in [5, 5.41) is 14.0. The van der Waals surface area contributed by atoms with Crippen LogP contribution in [0.5, 0.6) is 0 Å². The van der Waals surface area contributed by atoms with E-state index in [1.165, 1.54) is 22.9 Å². The maximum absolute atomic E-state index is 13.3. The van der Waals surface area contributed by atoms with Crippen molar-refractivity contribution in [2.45, 2.75) is 31.5 Å². The van der Waals surface area contributed by atoms with Crippen LogP contribution >= 0.6 is 0 Å². The molecule has 0 radical (unpaired) electrons. The van der Waals surface area contributed by atoms with E-state index in [9.17, 15) is 28.1 Å². The molecule has 0 aromatic heterocycles. The summed E-state index contributed by atoms with van der Waals surface area (Å²) in [7, 11) is 0. The molecule has 2 fully saturated rings. The summed E-state index contributed by atoms with van der Waals surface area (Å²) in [4.78, 5) is 29.3. The van der Waals surface area contributed by atoms with E-state index >= 15 is 0 Å². The highest BCUT2D eigenvalue weighted by atomic mass is 19.4. The Bertz CT molecular complexity index is 1370. The standard InChI is InChI=1S/C31H34F3N5O3/c32-31(33,34)28-22-26(8-11-29(28)39(41)42)35-25-12-16-38(17-13-25)30(40)14-15-36-18-20-37(21-19-36)27-9-6-24(7-10-27)23-4-2-1-3-5-23/h1-11,22,25,35H,12-21H2. The third kappa shape index (κ3) is 7.20. The molecular formula is C31H34F3N5O3. The number of benzene rings is 3. The van der Waals surface area contributed by atoms with Gasteiger partial charge in [-0.1, -0.05) is 42.5 Å². The van der Waals surface area contributed by atoms with Gasteiger partial charge in [0.1, 0.15) is 5.56 Å². The molecule has 2 heterocycles. The monoisotopic (exact) mass is 581 g/mol. The molecule has 0 aliphatic carbocycles. The quantitative estimate of drug-likeness (QED) is 0.264. The van der Waals surface area contributed by atoms with Crippen LogP contribution in [-0.4, -0.2) is 72.5 Å². The highest BCUT2D eigenvalue weighted by Gasteiger charge is 2.38. The van der Waals surface area contributed by atoms with Crippen molar-refractivity contribution in [3.05, 3.63) is 88.5 Å². The van der Waals surface area contributed by atoms with Crippen molar-refractivity contribution in [1.82, 2.24) is 9.80 Å². The number of rotatable bonds is 8. The van der Waals surface area contributed by atoms with Crippen LogP contribution in [0.2, 0.25) is 0 Å². The first-order valence-electron chi connectivity index (χ1n) is 14.2. The second-order valence-electron chi connectivity index (χ2n) is 10.8. The van der Waals surface area contributed by atoms with E-state index < -0.39 is 22.4 Å². The lowest BCUT2D eigenvalue weighted by molar-refractivity contribution is -0.388. The molecule has 1 N–H and O–H groups in total. The van der Waals surface area contributed by atoms with Crippen LogP contribution in [0.25, 0.3) is 11.1 Å². The van der Waals surface area contributed by atoms with Gasteiger partial charge in [-0.15, -0.1) is 0 Å². The van der Waals surface area contributed by atoms with Crippen molar-refractivity contribution in [3.63, 3.8) is 0 Å². The smallest absolute Gasteiger partial charge is 0.382 e. The predicted octanol–water partition coefficient (Wildman–Crippen LogP) is 5.90. The fraction of sp³-hybridized carbons (Fsp3) is 0.387. The number of anilines is 2. The first-order valence-corrected chi connectivity index (χ1v) is 14.2. The average Bonchev–Trinajstić information content (AvgIpc) is 3.00. The molecular weight excluding hydrogens is 547 g/mol. The van der Waals surface area contributed by atoms with Crippen LogP contribution in [-0.2, 0) is 11.0 Å². The van der Waals surface area contributed by atoms with Gasteiger partial charge in [-0.05, 0) is 48.2 Å². The summed E-state index contributed by atoms with van der Waals surface area (Å²) in [5.74, 6) is 0.0853. The van der Waals surface area contributed by atoms with Crippen LogP contribution in [0.3, 0.4) is 0 Å². The number of carbonyl (C=O) groups excluding carboxylic acids is 1. The van der Waals surface area contributed by atoms with Crippen molar-refractivity contribution in [2.24, 2.45) is 0 Å². The third-order valence-corrected chi connectivity index (χ3v) is 8.07. The van der Waals surface area contributed by atoms with Crippen molar-refractivity contribution in [3.8, 4) is 11.1 Å². The highest BCUT2D eigenvalue weighted by Crippen LogP contribution is 2.38. The fourth-order valence-electron chi connectivity index (χ4n) is 5.66. The molecule has 0 spiro atoms. The van der Waals surface area contributed by atoms with E-state index in [0.29, 0.717) is 38.9 Å². The Morgan fingerprint density at radius 2 is 1.52 bits per heavy atom. The number of carbonyl (C=O) groups is 1. The maximum Gasteiger partial charge on any atom is 0.423 e. The number of piperazine rings is 1. The second-order valence-corrected chi connectivity index (χ2v) is 10.8. The number of piperidine rings is 1. The van der Waals surface area contributed by atoms with E-state index in [-0.39, 0.29) is 17.6 Å². The molecule has 222 valence electrons. The van der Waals surface area contributed by atoms with Crippen molar-refractivity contribution >= 4 is 23.0 Å². The van der Waals surface area contributed by atoms with E-state index in [2.05, 4.69) is 51.5 Å². The number of nitrogens with one attached hydrogen (secondary N) is 1. The van der Waals surface area contributed by atoms with E-state index in [0.717, 1.165) is 38.3 Å². The van der Waals surface area contributed by atoms with E-state index in [4.69, 9.17) is 0 Å². The van der Waals surface area contributed by atoms with Gasteiger partial charge in [-0.2, -0.15) is 13.2 Å². The predicted molar refractivity (Wildman–Crippen MR) is 156 cm³/mol. The van der Waals surface area contributed by atoms with Gasteiger partial charge in [-0.25, -0.2) is 0 Å². The summed E-state index contributed by atoms with van der Waals surface area (Å²) in [6.45, 7) is 5.29. The van der Waals surface area contributed by atoms with Gasteiger partial charge in [0.2, 0.25) is 5.91 Å². The fourth-order valence-corrected chi connectivity index (χ4v) is 5.66. The summed E-state index contributed by atoms with van der Waals surface area (Å²) in [6, 6.07) is 21.8. The molecule has 11 heteroatoms. The van der Waals surface area contributed by atoms with Crippen LogP contribution in [0.4, 0.5) is 30.2 Å². The lowest BCUT2D eigenvalue weighted by atomic mass is 10.0. The Labute approximate surface area is 242 Å². The third-order valence-electron chi connectivity index (χ3n) is 8.07. The molecule has 0 bridgehead atoms. The molecule has 0 unspecified atom stereocenters. The Balaban J connectivity index is 1.04. The SMILES string of the molecule is O=C(CCN1CCN(c2ccc(-c3ccccc3)cc2)CC1)N1CCC(Nc2ccc([N+](=O)[O-])c(C(F)(F)F)c2)CC1. The first-order chi connectivity index (χ1) is 20.2. The number of alkyl halides is 3. The molecule has 42 heavy (non-hydrogen) atoms. The number of hydrogen-bond acceptors (Lipinski definition) is 6. The van der Waals surface area contributed by atoms with Crippen molar-refractivity contribution in [1.29, 1.82) is 0 Å². The molecule has 2 aliphatic rings. The topological polar surface area (TPSA) is 82.0 Å². The molecule has 3 aromatic carbocycles. The first kappa shape index (κ1) is 29.4.